The van der Waals surface area contributed by atoms with E-state index < -0.39 is 5.97 Å². The molecule has 2 aromatic rings. The Balaban J connectivity index is 2.62. The van der Waals surface area contributed by atoms with Gasteiger partial charge in [0.1, 0.15) is 11.4 Å². The van der Waals surface area contributed by atoms with E-state index in [1.165, 1.54) is 0 Å². The topological polar surface area (TPSA) is 72.3 Å². The molecule has 0 saturated heterocycles. The summed E-state index contributed by atoms with van der Waals surface area (Å²) in [5.74, 6) is -0.289. The largest absolute Gasteiger partial charge is 0.496 e. The molecule has 18 heavy (non-hydrogen) atoms. The van der Waals surface area contributed by atoms with E-state index in [4.69, 9.17) is 9.84 Å². The minimum absolute atomic E-state index is 0.00679. The van der Waals surface area contributed by atoms with Crippen LogP contribution in [0.4, 0.5) is 0 Å². The lowest BCUT2D eigenvalue weighted by Gasteiger charge is -2.11. The summed E-state index contributed by atoms with van der Waals surface area (Å²) in [6.45, 7) is 3.84. The van der Waals surface area contributed by atoms with Crippen molar-refractivity contribution in [2.24, 2.45) is 0 Å². The van der Waals surface area contributed by atoms with Crippen LogP contribution in [0.3, 0.4) is 0 Å². The summed E-state index contributed by atoms with van der Waals surface area (Å²) in [6.07, 6.45) is 0. The molecule has 6 heteroatoms. The minimum atomic E-state index is -1.06. The highest BCUT2D eigenvalue weighted by atomic mass is 32.1. The Kier molecular flexibility index (Phi) is 3.29. The number of nitrogens with zero attached hydrogens (tertiary/aromatic N) is 2. The van der Waals surface area contributed by atoms with E-state index in [9.17, 15) is 4.79 Å². The minimum Gasteiger partial charge on any atom is -0.496 e. The van der Waals surface area contributed by atoms with Gasteiger partial charge < -0.3 is 9.84 Å². The van der Waals surface area contributed by atoms with Gasteiger partial charge in [-0.15, -0.1) is 0 Å². The molecule has 2 rings (SSSR count). The van der Waals surface area contributed by atoms with E-state index in [-0.39, 0.29) is 5.69 Å². The summed E-state index contributed by atoms with van der Waals surface area (Å²) in [4.78, 5) is 11.1. The van der Waals surface area contributed by atoms with Crippen molar-refractivity contribution in [3.05, 3.63) is 29.0 Å². The molecule has 0 radical (unpaired) electrons. The smallest absolute Gasteiger partial charge is 0.357 e. The van der Waals surface area contributed by atoms with Crippen LogP contribution < -0.4 is 4.74 Å². The van der Waals surface area contributed by atoms with Crippen LogP contribution in [0.2, 0.25) is 0 Å². The zero-order valence-electron chi connectivity index (χ0n) is 10.2. The van der Waals surface area contributed by atoms with Crippen molar-refractivity contribution in [1.82, 2.24) is 8.75 Å². The second kappa shape index (κ2) is 4.73. The van der Waals surface area contributed by atoms with Crippen LogP contribution in [0.15, 0.2) is 12.1 Å². The number of carboxylic acid groups (broad SMARTS) is 1. The molecule has 0 unspecified atom stereocenters. The first-order chi connectivity index (χ1) is 8.56. The van der Waals surface area contributed by atoms with Crippen LogP contribution >= 0.6 is 11.7 Å². The van der Waals surface area contributed by atoms with Gasteiger partial charge in [-0.1, -0.05) is 0 Å². The van der Waals surface area contributed by atoms with Crippen molar-refractivity contribution in [1.29, 1.82) is 0 Å². The Labute approximate surface area is 108 Å². The zero-order chi connectivity index (χ0) is 13.3. The molecule has 0 amide bonds. The summed E-state index contributed by atoms with van der Waals surface area (Å²) in [7, 11) is 1.61. The molecule has 0 aliphatic carbocycles. The van der Waals surface area contributed by atoms with Crippen LogP contribution in [0.1, 0.15) is 21.6 Å². The Morgan fingerprint density at radius 2 is 2.00 bits per heavy atom. The van der Waals surface area contributed by atoms with Crippen LogP contribution in [-0.4, -0.2) is 26.9 Å². The molecule has 1 aromatic heterocycles. The molecular formula is C12H12N2O3S. The molecule has 0 atom stereocenters. The second-order valence-electron chi connectivity index (χ2n) is 3.83. The summed E-state index contributed by atoms with van der Waals surface area (Å²) in [5, 5.41) is 9.06. The third kappa shape index (κ3) is 1.95. The number of hydrogen-bond acceptors (Lipinski definition) is 5. The van der Waals surface area contributed by atoms with Crippen LogP contribution in [0, 0.1) is 13.8 Å². The molecular weight excluding hydrogens is 252 g/mol. The van der Waals surface area contributed by atoms with Gasteiger partial charge in [-0.3, -0.25) is 0 Å². The second-order valence-corrected chi connectivity index (χ2v) is 4.36. The molecule has 1 N–H and O–H groups in total. The fourth-order valence-corrected chi connectivity index (χ4v) is 2.33. The van der Waals surface area contributed by atoms with Gasteiger partial charge in [-0.25, -0.2) is 4.79 Å². The van der Waals surface area contributed by atoms with Gasteiger partial charge in [0.15, 0.2) is 5.69 Å². The van der Waals surface area contributed by atoms with Gasteiger partial charge in [0.05, 0.1) is 18.8 Å². The zero-order valence-corrected chi connectivity index (χ0v) is 11.0. The fourth-order valence-electron chi connectivity index (χ4n) is 1.78. The number of hydrogen-bond donors (Lipinski definition) is 1. The Bertz CT molecular complexity index is 607. The monoisotopic (exact) mass is 264 g/mol. The molecule has 0 fully saturated rings. The van der Waals surface area contributed by atoms with E-state index in [2.05, 4.69) is 8.75 Å². The maximum atomic E-state index is 11.1. The van der Waals surface area contributed by atoms with Crippen LogP contribution in [-0.2, 0) is 0 Å². The lowest BCUT2D eigenvalue weighted by molar-refractivity contribution is 0.0692. The maximum Gasteiger partial charge on any atom is 0.357 e. The average molecular weight is 264 g/mol. The quantitative estimate of drug-likeness (QED) is 0.922. The van der Waals surface area contributed by atoms with Gasteiger partial charge in [-0.2, -0.15) is 8.75 Å². The predicted octanol–water partition coefficient (Wildman–Crippen LogP) is 2.53. The average Bonchev–Trinajstić information content (AvgIpc) is 2.81. The third-order valence-corrected chi connectivity index (χ3v) is 3.43. The lowest BCUT2D eigenvalue weighted by Crippen LogP contribution is -2.01. The number of ether oxygens (including phenoxy) is 1. The van der Waals surface area contributed by atoms with Crippen molar-refractivity contribution < 1.29 is 14.6 Å². The van der Waals surface area contributed by atoms with Crippen molar-refractivity contribution in [3.8, 4) is 17.0 Å². The number of aromatic nitrogens is 2. The third-order valence-electron chi connectivity index (χ3n) is 2.90. The number of benzene rings is 1. The van der Waals surface area contributed by atoms with Gasteiger partial charge in [0, 0.05) is 5.56 Å². The highest BCUT2D eigenvalue weighted by Crippen LogP contribution is 2.31. The molecule has 1 heterocycles. The molecule has 0 aliphatic heterocycles. The van der Waals surface area contributed by atoms with E-state index >= 15 is 0 Å². The number of carbonyl (C=O) groups is 1. The van der Waals surface area contributed by atoms with Crippen molar-refractivity contribution in [2.75, 3.05) is 7.11 Å². The summed E-state index contributed by atoms with van der Waals surface area (Å²) in [5.41, 5.74) is 3.10. The molecule has 1 aromatic carbocycles. The van der Waals surface area contributed by atoms with Crippen molar-refractivity contribution >= 4 is 17.7 Å². The van der Waals surface area contributed by atoms with Gasteiger partial charge >= 0.3 is 5.97 Å². The Hall–Kier alpha value is -1.95. The Morgan fingerprint density at radius 1 is 1.28 bits per heavy atom. The molecule has 0 spiro atoms. The SMILES string of the molecule is COc1ccc(-c2nsnc2C(=O)O)c(C)c1C. The highest BCUT2D eigenvalue weighted by molar-refractivity contribution is 6.99. The molecule has 0 saturated carbocycles. The molecule has 94 valence electrons. The van der Waals surface area contributed by atoms with Crippen molar-refractivity contribution in [3.63, 3.8) is 0 Å². The van der Waals surface area contributed by atoms with E-state index in [0.717, 1.165) is 34.2 Å². The maximum absolute atomic E-state index is 11.1. The first-order valence-corrected chi connectivity index (χ1v) is 5.99. The van der Waals surface area contributed by atoms with Crippen molar-refractivity contribution in [2.45, 2.75) is 13.8 Å². The summed E-state index contributed by atoms with van der Waals surface area (Å²) in [6, 6.07) is 3.62. The first-order valence-electron chi connectivity index (χ1n) is 5.26. The first kappa shape index (κ1) is 12.5. The standard InChI is InChI=1S/C12H12N2O3S/c1-6-7(2)9(17-3)5-4-8(6)10-11(12(15)16)14-18-13-10/h4-5H,1-3H3,(H,15,16). The molecule has 5 nitrogen and oxygen atoms in total. The van der Waals surface area contributed by atoms with Gasteiger partial charge in [-0.05, 0) is 37.1 Å². The van der Waals surface area contributed by atoms with E-state index in [1.54, 1.807) is 7.11 Å². The number of carboxylic acids is 1. The number of rotatable bonds is 3. The number of methoxy groups -OCH3 is 1. The highest BCUT2D eigenvalue weighted by Gasteiger charge is 2.19. The summed E-state index contributed by atoms with van der Waals surface area (Å²) >= 11 is 0.902. The summed E-state index contributed by atoms with van der Waals surface area (Å²) < 4.78 is 13.1. The Morgan fingerprint density at radius 3 is 2.61 bits per heavy atom. The molecule has 0 aliphatic rings. The fraction of sp³-hybridized carbons (Fsp3) is 0.250. The lowest BCUT2D eigenvalue weighted by atomic mass is 9.99. The normalized spacial score (nSPS) is 10.4. The predicted molar refractivity (Wildman–Crippen MR) is 68.3 cm³/mol. The van der Waals surface area contributed by atoms with E-state index in [0.29, 0.717) is 5.69 Å². The van der Waals surface area contributed by atoms with Gasteiger partial charge in [0.25, 0.3) is 0 Å². The van der Waals surface area contributed by atoms with Gasteiger partial charge in [0.2, 0.25) is 0 Å². The molecule has 0 bridgehead atoms. The number of aromatic carboxylic acids is 1. The van der Waals surface area contributed by atoms with E-state index in [1.807, 2.05) is 26.0 Å². The van der Waals surface area contributed by atoms with Crippen LogP contribution in [0.5, 0.6) is 5.75 Å². The van der Waals surface area contributed by atoms with Crippen LogP contribution in [0.25, 0.3) is 11.3 Å².